The topological polar surface area (TPSA) is 50.4 Å². The zero-order valence-corrected chi connectivity index (χ0v) is 16.7. The van der Waals surface area contributed by atoms with E-state index in [2.05, 4.69) is 40.4 Å². The van der Waals surface area contributed by atoms with E-state index in [-0.39, 0.29) is 12.1 Å². The second kappa shape index (κ2) is 8.90. The standard InChI is InChI=1S/C17H26BrClN2O2/c1-6-13(10-20-16(22)23-17(3,4)5)21-11(2)14-8-7-12(18)9-15(14)19/h7-9,11,13,21H,6,10H2,1-5H3,(H,20,22). The van der Waals surface area contributed by atoms with Crippen molar-refractivity contribution in [3.05, 3.63) is 33.3 Å². The fourth-order valence-electron chi connectivity index (χ4n) is 2.14. The summed E-state index contributed by atoms with van der Waals surface area (Å²) in [5.74, 6) is 0. The Morgan fingerprint density at radius 1 is 1.39 bits per heavy atom. The number of hydrogen-bond acceptors (Lipinski definition) is 3. The molecule has 1 aromatic rings. The van der Waals surface area contributed by atoms with Crippen molar-refractivity contribution >= 4 is 33.6 Å². The zero-order valence-electron chi connectivity index (χ0n) is 14.4. The molecule has 1 rings (SSSR count). The number of hydrogen-bond donors (Lipinski definition) is 2. The lowest BCUT2D eigenvalue weighted by molar-refractivity contribution is 0.0521. The second-order valence-electron chi connectivity index (χ2n) is 6.54. The first-order chi connectivity index (χ1) is 10.6. The number of nitrogens with one attached hydrogen (secondary N) is 2. The number of halogens is 2. The molecule has 1 amide bonds. The molecule has 0 bridgehead atoms. The van der Waals surface area contributed by atoms with Gasteiger partial charge in [0.15, 0.2) is 0 Å². The molecule has 0 fully saturated rings. The monoisotopic (exact) mass is 404 g/mol. The first-order valence-electron chi connectivity index (χ1n) is 7.80. The Labute approximate surface area is 152 Å². The van der Waals surface area contributed by atoms with E-state index in [1.54, 1.807) is 0 Å². The zero-order chi connectivity index (χ0) is 17.6. The molecule has 4 nitrogen and oxygen atoms in total. The van der Waals surface area contributed by atoms with Gasteiger partial charge in [0.1, 0.15) is 5.60 Å². The van der Waals surface area contributed by atoms with Gasteiger partial charge in [0.2, 0.25) is 0 Å². The van der Waals surface area contributed by atoms with E-state index in [4.69, 9.17) is 16.3 Å². The van der Waals surface area contributed by atoms with Crippen molar-refractivity contribution in [3.8, 4) is 0 Å². The van der Waals surface area contributed by atoms with Crippen LogP contribution >= 0.6 is 27.5 Å². The summed E-state index contributed by atoms with van der Waals surface area (Å²) in [5.41, 5.74) is 0.544. The van der Waals surface area contributed by atoms with Crippen LogP contribution in [-0.4, -0.2) is 24.3 Å². The van der Waals surface area contributed by atoms with Crippen LogP contribution in [0.4, 0.5) is 4.79 Å². The van der Waals surface area contributed by atoms with E-state index in [1.165, 1.54) is 0 Å². The Morgan fingerprint density at radius 2 is 2.04 bits per heavy atom. The number of alkyl carbamates (subject to hydrolysis) is 1. The van der Waals surface area contributed by atoms with E-state index in [1.807, 2.05) is 39.0 Å². The van der Waals surface area contributed by atoms with Crippen LogP contribution in [0.5, 0.6) is 0 Å². The number of rotatable bonds is 6. The van der Waals surface area contributed by atoms with Gasteiger partial charge in [-0.3, -0.25) is 0 Å². The Bertz CT molecular complexity index is 532. The molecule has 0 aliphatic heterocycles. The number of amides is 1. The molecule has 0 radical (unpaired) electrons. The number of carbonyl (C=O) groups is 1. The Hall–Kier alpha value is -0.780. The van der Waals surface area contributed by atoms with Gasteiger partial charge in [-0.2, -0.15) is 0 Å². The SMILES string of the molecule is CCC(CNC(=O)OC(C)(C)C)NC(C)c1ccc(Br)cc1Cl. The fraction of sp³-hybridized carbons (Fsp3) is 0.588. The van der Waals surface area contributed by atoms with Gasteiger partial charge in [-0.15, -0.1) is 0 Å². The molecule has 1 aromatic carbocycles. The van der Waals surface area contributed by atoms with E-state index in [9.17, 15) is 4.79 Å². The van der Waals surface area contributed by atoms with Gasteiger partial charge < -0.3 is 15.4 Å². The molecular weight excluding hydrogens is 380 g/mol. The van der Waals surface area contributed by atoms with Crippen LogP contribution in [0.15, 0.2) is 22.7 Å². The maximum Gasteiger partial charge on any atom is 0.407 e. The molecule has 130 valence electrons. The highest BCUT2D eigenvalue weighted by Gasteiger charge is 2.18. The molecule has 0 aliphatic carbocycles. The van der Waals surface area contributed by atoms with Crippen LogP contribution in [0, 0.1) is 0 Å². The highest BCUT2D eigenvalue weighted by Crippen LogP contribution is 2.26. The van der Waals surface area contributed by atoms with Gasteiger partial charge in [-0.05, 0) is 51.8 Å². The van der Waals surface area contributed by atoms with Gasteiger partial charge >= 0.3 is 6.09 Å². The molecule has 0 heterocycles. The van der Waals surface area contributed by atoms with E-state index in [0.717, 1.165) is 16.5 Å². The minimum atomic E-state index is -0.489. The quantitative estimate of drug-likeness (QED) is 0.695. The molecule has 0 aliphatic rings. The summed E-state index contributed by atoms with van der Waals surface area (Å²) in [6.07, 6.45) is 0.487. The molecule has 6 heteroatoms. The third-order valence-corrected chi connectivity index (χ3v) is 4.12. The minimum Gasteiger partial charge on any atom is -0.444 e. The average molecular weight is 406 g/mol. The lowest BCUT2D eigenvalue weighted by Crippen LogP contribution is -2.43. The summed E-state index contributed by atoms with van der Waals surface area (Å²) >= 11 is 9.70. The highest BCUT2D eigenvalue weighted by molar-refractivity contribution is 9.10. The minimum absolute atomic E-state index is 0.0842. The van der Waals surface area contributed by atoms with Crippen molar-refractivity contribution in [3.63, 3.8) is 0 Å². The predicted octanol–water partition coefficient (Wildman–Crippen LogP) is 5.06. The molecule has 0 saturated carbocycles. The van der Waals surface area contributed by atoms with Gasteiger partial charge in [0, 0.05) is 28.1 Å². The van der Waals surface area contributed by atoms with Crippen molar-refractivity contribution in [2.24, 2.45) is 0 Å². The Kier molecular flexibility index (Phi) is 7.84. The largest absolute Gasteiger partial charge is 0.444 e. The summed E-state index contributed by atoms with van der Waals surface area (Å²) in [7, 11) is 0. The van der Waals surface area contributed by atoms with Crippen LogP contribution in [0.1, 0.15) is 52.6 Å². The molecule has 0 saturated heterocycles. The molecule has 2 N–H and O–H groups in total. The summed E-state index contributed by atoms with van der Waals surface area (Å²) in [6, 6.07) is 6.07. The highest BCUT2D eigenvalue weighted by atomic mass is 79.9. The molecule has 0 spiro atoms. The van der Waals surface area contributed by atoms with Crippen molar-refractivity contribution in [2.75, 3.05) is 6.54 Å². The molecular formula is C17H26BrClN2O2. The van der Waals surface area contributed by atoms with E-state index >= 15 is 0 Å². The predicted molar refractivity (Wildman–Crippen MR) is 99.0 cm³/mol. The lowest BCUT2D eigenvalue weighted by Gasteiger charge is -2.25. The fourth-order valence-corrected chi connectivity index (χ4v) is 2.97. The molecule has 0 aromatic heterocycles. The lowest BCUT2D eigenvalue weighted by atomic mass is 10.1. The summed E-state index contributed by atoms with van der Waals surface area (Å²) in [6.45, 7) is 10.2. The van der Waals surface area contributed by atoms with E-state index in [0.29, 0.717) is 11.6 Å². The van der Waals surface area contributed by atoms with Gasteiger partial charge in [0.25, 0.3) is 0 Å². The average Bonchev–Trinajstić information content (AvgIpc) is 2.41. The third kappa shape index (κ3) is 7.55. The second-order valence-corrected chi connectivity index (χ2v) is 7.87. The van der Waals surface area contributed by atoms with Gasteiger partial charge in [-0.1, -0.05) is 40.5 Å². The van der Waals surface area contributed by atoms with Crippen LogP contribution in [0.3, 0.4) is 0 Å². The number of ether oxygens (including phenoxy) is 1. The van der Waals surface area contributed by atoms with Gasteiger partial charge in [-0.25, -0.2) is 4.79 Å². The Balaban J connectivity index is 2.57. The van der Waals surface area contributed by atoms with Crippen LogP contribution in [0.25, 0.3) is 0 Å². The maximum absolute atomic E-state index is 11.7. The van der Waals surface area contributed by atoms with Crippen molar-refractivity contribution in [1.82, 2.24) is 10.6 Å². The molecule has 23 heavy (non-hydrogen) atoms. The van der Waals surface area contributed by atoms with Crippen molar-refractivity contribution < 1.29 is 9.53 Å². The molecule has 2 atom stereocenters. The number of carbonyl (C=O) groups excluding carboxylic acids is 1. The normalized spacial score (nSPS) is 14.2. The summed E-state index contributed by atoms with van der Waals surface area (Å²) < 4.78 is 6.21. The van der Waals surface area contributed by atoms with E-state index < -0.39 is 11.7 Å². The Morgan fingerprint density at radius 3 is 2.57 bits per heavy atom. The first-order valence-corrected chi connectivity index (χ1v) is 8.97. The van der Waals surface area contributed by atoms with Crippen LogP contribution < -0.4 is 10.6 Å². The number of benzene rings is 1. The van der Waals surface area contributed by atoms with Crippen LogP contribution in [-0.2, 0) is 4.74 Å². The van der Waals surface area contributed by atoms with Gasteiger partial charge in [0.05, 0.1) is 0 Å². The van der Waals surface area contributed by atoms with Crippen molar-refractivity contribution in [1.29, 1.82) is 0 Å². The summed E-state index contributed by atoms with van der Waals surface area (Å²) in [5, 5.41) is 7.01. The molecule has 2 unspecified atom stereocenters. The first kappa shape index (κ1) is 20.3. The summed E-state index contributed by atoms with van der Waals surface area (Å²) in [4.78, 5) is 11.7. The van der Waals surface area contributed by atoms with Crippen LogP contribution in [0.2, 0.25) is 5.02 Å². The smallest absolute Gasteiger partial charge is 0.407 e. The maximum atomic E-state index is 11.7. The van der Waals surface area contributed by atoms with Crippen molar-refractivity contribution in [2.45, 2.75) is 58.7 Å². The third-order valence-electron chi connectivity index (χ3n) is 3.30.